The van der Waals surface area contributed by atoms with Crippen LogP contribution in [0.5, 0.6) is 5.75 Å². The largest absolute Gasteiger partial charge is 0.494 e. The fourth-order valence-corrected chi connectivity index (χ4v) is 2.59. The number of rotatable bonds is 5. The quantitative estimate of drug-likeness (QED) is 0.642. The molecule has 0 N–H and O–H groups in total. The van der Waals surface area contributed by atoms with Crippen LogP contribution in [-0.4, -0.2) is 11.2 Å². The highest BCUT2D eigenvalue weighted by molar-refractivity contribution is 9.10. The van der Waals surface area contributed by atoms with E-state index in [1.165, 1.54) is 4.57 Å². The lowest BCUT2D eigenvalue weighted by Gasteiger charge is -2.09. The van der Waals surface area contributed by atoms with Crippen LogP contribution in [0.4, 0.5) is 0 Å². The third-order valence-corrected chi connectivity index (χ3v) is 3.95. The molecule has 0 fully saturated rings. The molecule has 23 heavy (non-hydrogen) atoms. The number of nitrogens with zero attached hydrogens (tertiary/aromatic N) is 1. The average Bonchev–Trinajstić information content (AvgIpc) is 2.55. The average molecular weight is 376 g/mol. The predicted octanol–water partition coefficient (Wildman–Crippen LogP) is 3.19. The van der Waals surface area contributed by atoms with E-state index in [9.17, 15) is 9.59 Å². The van der Waals surface area contributed by atoms with Crippen molar-refractivity contribution in [1.29, 1.82) is 0 Å². The van der Waals surface area contributed by atoms with Gasteiger partial charge in [0.25, 0.3) is 0 Å². The number of aryl methyl sites for hydroxylation is 1. The van der Waals surface area contributed by atoms with Crippen molar-refractivity contribution in [2.75, 3.05) is 6.61 Å². The van der Waals surface area contributed by atoms with Crippen molar-refractivity contribution in [1.82, 2.24) is 4.57 Å². The molecule has 0 saturated carbocycles. The van der Waals surface area contributed by atoms with Crippen molar-refractivity contribution in [3.05, 3.63) is 74.0 Å². The van der Waals surface area contributed by atoms with Gasteiger partial charge in [-0.15, -0.1) is 0 Å². The molecule has 0 aliphatic carbocycles. The van der Waals surface area contributed by atoms with Gasteiger partial charge in [0.1, 0.15) is 5.75 Å². The fourth-order valence-electron chi connectivity index (χ4n) is 2.32. The Kier molecular flexibility index (Phi) is 4.62. The summed E-state index contributed by atoms with van der Waals surface area (Å²) in [5.41, 5.74) is -0.0228. The Morgan fingerprint density at radius 2 is 1.78 bits per heavy atom. The number of aromatic nitrogens is 1. The monoisotopic (exact) mass is 375 g/mol. The zero-order valence-corrected chi connectivity index (χ0v) is 13.8. The zero-order valence-electron chi connectivity index (χ0n) is 12.2. The Balaban J connectivity index is 1.71. The highest BCUT2D eigenvalue weighted by Crippen LogP contribution is 2.16. The van der Waals surface area contributed by atoms with E-state index in [4.69, 9.17) is 9.15 Å². The van der Waals surface area contributed by atoms with Crippen molar-refractivity contribution < 1.29 is 9.15 Å². The Morgan fingerprint density at radius 3 is 2.57 bits per heavy atom. The van der Waals surface area contributed by atoms with Crippen molar-refractivity contribution in [2.45, 2.75) is 13.0 Å². The van der Waals surface area contributed by atoms with Crippen LogP contribution in [0.2, 0.25) is 0 Å². The van der Waals surface area contributed by atoms with E-state index in [-0.39, 0.29) is 0 Å². The maximum absolute atomic E-state index is 11.9. The van der Waals surface area contributed by atoms with Crippen LogP contribution in [0.25, 0.3) is 10.9 Å². The van der Waals surface area contributed by atoms with Crippen LogP contribution < -0.4 is 16.1 Å². The molecule has 3 rings (SSSR count). The molecule has 6 heteroatoms. The summed E-state index contributed by atoms with van der Waals surface area (Å²) in [5.74, 6) is 0.127. The molecule has 0 amide bonds. The topological polar surface area (TPSA) is 61.4 Å². The first kappa shape index (κ1) is 15.6. The highest BCUT2D eigenvalue weighted by atomic mass is 79.9. The molecule has 0 unspecified atom stereocenters. The van der Waals surface area contributed by atoms with E-state index in [1.807, 2.05) is 24.3 Å². The Bertz CT molecular complexity index is 928. The van der Waals surface area contributed by atoms with Crippen molar-refractivity contribution in [3.63, 3.8) is 0 Å². The second kappa shape index (κ2) is 6.83. The van der Waals surface area contributed by atoms with Crippen molar-refractivity contribution >= 4 is 26.8 Å². The van der Waals surface area contributed by atoms with Gasteiger partial charge in [-0.3, -0.25) is 4.57 Å². The van der Waals surface area contributed by atoms with Gasteiger partial charge < -0.3 is 9.15 Å². The molecule has 1 aromatic heterocycles. The Morgan fingerprint density at radius 1 is 1.04 bits per heavy atom. The van der Waals surface area contributed by atoms with Crippen LogP contribution in [0.15, 0.2) is 67.0 Å². The molecule has 5 nitrogen and oxygen atoms in total. The lowest BCUT2D eigenvalue weighted by atomic mass is 10.2. The minimum atomic E-state index is -0.641. The number of hydrogen-bond donors (Lipinski definition) is 0. The molecule has 0 spiro atoms. The first-order valence-corrected chi connectivity index (χ1v) is 7.95. The molecule has 3 aromatic rings. The maximum atomic E-state index is 11.9. The van der Waals surface area contributed by atoms with Gasteiger partial charge in [0.05, 0.1) is 17.5 Å². The Labute approximate surface area is 140 Å². The van der Waals surface area contributed by atoms with Crippen LogP contribution in [0.1, 0.15) is 6.42 Å². The zero-order chi connectivity index (χ0) is 16.2. The molecule has 118 valence electrons. The third-order valence-electron chi connectivity index (χ3n) is 3.42. The summed E-state index contributed by atoms with van der Waals surface area (Å²) < 4.78 is 12.8. The SMILES string of the molecule is O=c1oc(=O)n(CCCOc2ccc(Br)cc2)c2ccccc12. The minimum Gasteiger partial charge on any atom is -0.494 e. The number of ether oxygens (including phenoxy) is 1. The lowest BCUT2D eigenvalue weighted by Crippen LogP contribution is -2.25. The van der Waals surface area contributed by atoms with Crippen molar-refractivity contribution in [2.24, 2.45) is 0 Å². The number of benzene rings is 2. The minimum absolute atomic E-state index is 0.404. The molecular formula is C17H14BrNO4. The summed E-state index contributed by atoms with van der Waals surface area (Å²) in [4.78, 5) is 23.6. The summed E-state index contributed by atoms with van der Waals surface area (Å²) in [6.45, 7) is 0.876. The van der Waals surface area contributed by atoms with Crippen LogP contribution in [-0.2, 0) is 6.54 Å². The van der Waals surface area contributed by atoms with Gasteiger partial charge in [-0.2, -0.15) is 0 Å². The first-order chi connectivity index (χ1) is 11.1. The van der Waals surface area contributed by atoms with E-state index in [0.717, 1.165) is 10.2 Å². The summed E-state index contributed by atoms with van der Waals surface area (Å²) in [6.07, 6.45) is 0.619. The molecule has 0 radical (unpaired) electrons. The highest BCUT2D eigenvalue weighted by Gasteiger charge is 2.08. The van der Waals surface area contributed by atoms with Gasteiger partial charge in [-0.1, -0.05) is 28.1 Å². The van der Waals surface area contributed by atoms with Gasteiger partial charge in [0.2, 0.25) is 0 Å². The summed E-state index contributed by atoms with van der Waals surface area (Å²) in [5, 5.41) is 0.404. The van der Waals surface area contributed by atoms with Crippen LogP contribution in [0.3, 0.4) is 0 Å². The van der Waals surface area contributed by atoms with E-state index in [1.54, 1.807) is 24.3 Å². The van der Waals surface area contributed by atoms with Crippen LogP contribution >= 0.6 is 15.9 Å². The number of hydrogen-bond acceptors (Lipinski definition) is 4. The van der Waals surface area contributed by atoms with E-state index in [0.29, 0.717) is 30.5 Å². The molecule has 0 bridgehead atoms. The second-order valence-electron chi connectivity index (χ2n) is 4.98. The van der Waals surface area contributed by atoms with E-state index >= 15 is 0 Å². The number of fused-ring (bicyclic) bond motifs is 1. The van der Waals surface area contributed by atoms with Gasteiger partial charge >= 0.3 is 11.4 Å². The molecular weight excluding hydrogens is 362 g/mol. The third kappa shape index (κ3) is 3.53. The number of para-hydroxylation sites is 1. The molecule has 1 heterocycles. The summed E-state index contributed by atoms with van der Waals surface area (Å²) in [7, 11) is 0. The lowest BCUT2D eigenvalue weighted by molar-refractivity contribution is 0.296. The molecule has 0 aliphatic heterocycles. The predicted molar refractivity (Wildman–Crippen MR) is 91.0 cm³/mol. The normalized spacial score (nSPS) is 10.8. The fraction of sp³-hybridized carbons (Fsp3) is 0.176. The Hall–Kier alpha value is -2.34. The maximum Gasteiger partial charge on any atom is 0.422 e. The van der Waals surface area contributed by atoms with Gasteiger partial charge in [-0.25, -0.2) is 9.59 Å². The van der Waals surface area contributed by atoms with Gasteiger partial charge in [-0.05, 0) is 42.8 Å². The second-order valence-corrected chi connectivity index (χ2v) is 5.90. The first-order valence-electron chi connectivity index (χ1n) is 7.16. The summed E-state index contributed by atoms with van der Waals surface area (Å²) >= 11 is 3.37. The summed E-state index contributed by atoms with van der Waals surface area (Å²) in [6, 6.07) is 14.5. The molecule has 0 saturated heterocycles. The molecule has 2 aromatic carbocycles. The van der Waals surface area contributed by atoms with Gasteiger partial charge in [0.15, 0.2) is 0 Å². The number of halogens is 1. The van der Waals surface area contributed by atoms with Gasteiger partial charge in [0, 0.05) is 11.0 Å². The molecule has 0 aliphatic rings. The van der Waals surface area contributed by atoms with E-state index in [2.05, 4.69) is 15.9 Å². The van der Waals surface area contributed by atoms with E-state index < -0.39 is 11.4 Å². The smallest absolute Gasteiger partial charge is 0.422 e. The molecule has 0 atom stereocenters. The van der Waals surface area contributed by atoms with Crippen molar-refractivity contribution in [3.8, 4) is 5.75 Å². The standard InChI is InChI=1S/C17H14BrNO4/c18-12-6-8-13(9-7-12)22-11-3-10-19-15-5-2-1-4-14(15)16(20)23-17(19)21/h1-2,4-9H,3,10-11H2. The van der Waals surface area contributed by atoms with Crippen LogP contribution in [0, 0.1) is 0 Å².